The summed E-state index contributed by atoms with van der Waals surface area (Å²) in [5.74, 6) is 0. The molecule has 0 aliphatic carbocycles. The minimum atomic E-state index is -1.07. The molecule has 0 heterocycles. The number of nitrogens with two attached hydrogens (primary N) is 1. The van der Waals surface area contributed by atoms with Crippen LogP contribution >= 0.6 is 0 Å². The lowest BCUT2D eigenvalue weighted by Crippen LogP contribution is -2.35. The van der Waals surface area contributed by atoms with Gasteiger partial charge in [-0.2, -0.15) is 0 Å². The lowest BCUT2D eigenvalue weighted by molar-refractivity contribution is 0.0282. The fraction of sp³-hybridized carbons (Fsp3) is 0.200. The third-order valence-corrected chi connectivity index (χ3v) is 3.12. The van der Waals surface area contributed by atoms with E-state index in [1.807, 2.05) is 60.7 Å². The Hall–Kier alpha value is -1.64. The van der Waals surface area contributed by atoms with Crippen LogP contribution in [0.4, 0.5) is 0 Å². The summed E-state index contributed by atoms with van der Waals surface area (Å²) >= 11 is 0. The first-order valence-corrected chi connectivity index (χ1v) is 5.71. The molecular weight excluding hydrogens is 210 g/mol. The Balaban J connectivity index is 2.33. The highest BCUT2D eigenvalue weighted by atomic mass is 16.3. The summed E-state index contributed by atoms with van der Waals surface area (Å²) < 4.78 is 0. The van der Waals surface area contributed by atoms with Gasteiger partial charge in [0.25, 0.3) is 0 Å². The van der Waals surface area contributed by atoms with Crippen LogP contribution < -0.4 is 5.73 Å². The summed E-state index contributed by atoms with van der Waals surface area (Å²) in [4.78, 5) is 0. The maximum atomic E-state index is 10.6. The molecule has 0 aliphatic heterocycles. The number of aliphatic hydroxyl groups is 1. The van der Waals surface area contributed by atoms with Gasteiger partial charge in [-0.25, -0.2) is 0 Å². The lowest BCUT2D eigenvalue weighted by Gasteiger charge is -2.31. The highest BCUT2D eigenvalue weighted by molar-refractivity contribution is 5.29. The summed E-state index contributed by atoms with van der Waals surface area (Å²) in [5, 5.41) is 10.6. The zero-order valence-corrected chi connectivity index (χ0v) is 9.88. The van der Waals surface area contributed by atoms with E-state index in [9.17, 15) is 5.11 Å². The van der Waals surface area contributed by atoms with Gasteiger partial charge in [-0.3, -0.25) is 0 Å². The van der Waals surface area contributed by atoms with Crippen LogP contribution in [0.5, 0.6) is 0 Å². The predicted molar refractivity (Wildman–Crippen MR) is 69.4 cm³/mol. The molecule has 0 bridgehead atoms. The highest BCUT2D eigenvalue weighted by Crippen LogP contribution is 2.32. The molecule has 0 fully saturated rings. The van der Waals surface area contributed by atoms with Crippen molar-refractivity contribution in [3.05, 3.63) is 71.8 Å². The molecule has 2 atom stereocenters. The molecule has 0 aliphatic rings. The quantitative estimate of drug-likeness (QED) is 0.846. The topological polar surface area (TPSA) is 46.2 Å². The Bertz CT molecular complexity index is 465. The molecule has 0 saturated carbocycles. The maximum absolute atomic E-state index is 10.6. The average molecular weight is 227 g/mol. The van der Waals surface area contributed by atoms with Crippen LogP contribution in [0.1, 0.15) is 24.1 Å². The first-order chi connectivity index (χ1) is 8.12. The van der Waals surface area contributed by atoms with Crippen LogP contribution in [0.15, 0.2) is 60.7 Å². The summed E-state index contributed by atoms with van der Waals surface area (Å²) in [5.41, 5.74) is 6.85. The number of benzene rings is 2. The minimum Gasteiger partial charge on any atom is -0.383 e. The van der Waals surface area contributed by atoms with Crippen molar-refractivity contribution in [1.82, 2.24) is 0 Å². The fourth-order valence-electron chi connectivity index (χ4n) is 1.94. The van der Waals surface area contributed by atoms with Gasteiger partial charge in [-0.05, 0) is 18.1 Å². The zero-order valence-electron chi connectivity index (χ0n) is 9.88. The first-order valence-electron chi connectivity index (χ1n) is 5.71. The van der Waals surface area contributed by atoms with Crippen molar-refractivity contribution in [3.8, 4) is 0 Å². The predicted octanol–water partition coefficient (Wildman–Crippen LogP) is 2.59. The molecule has 2 unspecified atom stereocenters. The smallest absolute Gasteiger partial charge is 0.106 e. The van der Waals surface area contributed by atoms with Crippen molar-refractivity contribution in [2.75, 3.05) is 0 Å². The molecule has 88 valence electrons. The van der Waals surface area contributed by atoms with E-state index >= 15 is 0 Å². The SMILES string of the molecule is CC(O)(c1ccccc1)C(N)c1ccccc1. The number of rotatable bonds is 3. The van der Waals surface area contributed by atoms with E-state index in [1.165, 1.54) is 0 Å². The molecule has 2 aromatic carbocycles. The summed E-state index contributed by atoms with van der Waals surface area (Å²) in [6.45, 7) is 1.75. The second-order valence-electron chi connectivity index (χ2n) is 4.40. The van der Waals surface area contributed by atoms with Crippen LogP contribution in [0, 0.1) is 0 Å². The molecule has 2 aromatic rings. The normalized spacial score (nSPS) is 16.2. The Morgan fingerprint density at radius 3 is 1.94 bits per heavy atom. The zero-order chi connectivity index (χ0) is 12.3. The van der Waals surface area contributed by atoms with E-state index in [0.717, 1.165) is 11.1 Å². The number of hydrogen-bond acceptors (Lipinski definition) is 2. The molecule has 17 heavy (non-hydrogen) atoms. The monoisotopic (exact) mass is 227 g/mol. The van der Waals surface area contributed by atoms with Crippen molar-refractivity contribution in [2.45, 2.75) is 18.6 Å². The summed E-state index contributed by atoms with van der Waals surface area (Å²) in [6.07, 6.45) is 0. The van der Waals surface area contributed by atoms with Gasteiger partial charge in [-0.15, -0.1) is 0 Å². The molecule has 0 amide bonds. The Labute approximate surface area is 102 Å². The van der Waals surface area contributed by atoms with Gasteiger partial charge in [0.05, 0.1) is 6.04 Å². The molecule has 2 nitrogen and oxygen atoms in total. The average Bonchev–Trinajstić information content (AvgIpc) is 2.40. The van der Waals surface area contributed by atoms with Gasteiger partial charge in [0.1, 0.15) is 5.60 Å². The van der Waals surface area contributed by atoms with E-state index < -0.39 is 11.6 Å². The second kappa shape index (κ2) is 4.70. The van der Waals surface area contributed by atoms with Gasteiger partial charge in [0.2, 0.25) is 0 Å². The van der Waals surface area contributed by atoms with Crippen LogP contribution in [0.2, 0.25) is 0 Å². The molecule has 0 saturated heterocycles. The third kappa shape index (κ3) is 2.38. The fourth-order valence-corrected chi connectivity index (χ4v) is 1.94. The van der Waals surface area contributed by atoms with Gasteiger partial charge < -0.3 is 10.8 Å². The molecule has 0 spiro atoms. The van der Waals surface area contributed by atoms with E-state index in [0.29, 0.717) is 0 Å². The van der Waals surface area contributed by atoms with Crippen LogP contribution in [-0.4, -0.2) is 5.11 Å². The van der Waals surface area contributed by atoms with Crippen molar-refractivity contribution in [2.24, 2.45) is 5.73 Å². The highest BCUT2D eigenvalue weighted by Gasteiger charge is 2.31. The number of hydrogen-bond donors (Lipinski definition) is 2. The standard InChI is InChI=1S/C15H17NO/c1-15(17,13-10-6-3-7-11-13)14(16)12-8-4-2-5-9-12/h2-11,14,17H,16H2,1H3. The summed E-state index contributed by atoms with van der Waals surface area (Å²) in [6, 6.07) is 18.7. The molecular formula is C15H17NO. The third-order valence-electron chi connectivity index (χ3n) is 3.12. The van der Waals surface area contributed by atoms with Crippen LogP contribution in [-0.2, 0) is 5.60 Å². The largest absolute Gasteiger partial charge is 0.383 e. The molecule has 2 rings (SSSR count). The van der Waals surface area contributed by atoms with Crippen LogP contribution in [0.3, 0.4) is 0 Å². The van der Waals surface area contributed by atoms with E-state index in [1.54, 1.807) is 6.92 Å². The van der Waals surface area contributed by atoms with Crippen molar-refractivity contribution < 1.29 is 5.11 Å². The van der Waals surface area contributed by atoms with Crippen molar-refractivity contribution >= 4 is 0 Å². The molecule has 0 aromatic heterocycles. The molecule has 3 N–H and O–H groups in total. The van der Waals surface area contributed by atoms with Crippen LogP contribution in [0.25, 0.3) is 0 Å². The van der Waals surface area contributed by atoms with Gasteiger partial charge in [0.15, 0.2) is 0 Å². The Morgan fingerprint density at radius 1 is 0.941 bits per heavy atom. The molecule has 0 radical (unpaired) electrons. The van der Waals surface area contributed by atoms with Gasteiger partial charge in [0, 0.05) is 0 Å². The van der Waals surface area contributed by atoms with Gasteiger partial charge in [-0.1, -0.05) is 60.7 Å². The van der Waals surface area contributed by atoms with E-state index in [4.69, 9.17) is 5.73 Å². The second-order valence-corrected chi connectivity index (χ2v) is 4.40. The lowest BCUT2D eigenvalue weighted by atomic mass is 9.85. The Kier molecular flexibility index (Phi) is 3.27. The van der Waals surface area contributed by atoms with E-state index in [2.05, 4.69) is 0 Å². The summed E-state index contributed by atoms with van der Waals surface area (Å²) in [7, 11) is 0. The van der Waals surface area contributed by atoms with Crippen molar-refractivity contribution in [1.29, 1.82) is 0 Å². The minimum absolute atomic E-state index is 0.439. The Morgan fingerprint density at radius 2 is 1.41 bits per heavy atom. The maximum Gasteiger partial charge on any atom is 0.106 e. The first kappa shape index (κ1) is 11.8. The van der Waals surface area contributed by atoms with Gasteiger partial charge >= 0.3 is 0 Å². The van der Waals surface area contributed by atoms with Crippen molar-refractivity contribution in [3.63, 3.8) is 0 Å². The van der Waals surface area contributed by atoms with E-state index in [-0.39, 0.29) is 0 Å². The molecule has 2 heteroatoms.